The molecule has 1 unspecified atom stereocenters. The number of halogens is 1. The van der Waals surface area contributed by atoms with Crippen molar-refractivity contribution in [2.45, 2.75) is 6.04 Å². The first-order chi connectivity index (χ1) is 11.1. The quantitative estimate of drug-likeness (QED) is 0.743. The number of nitrogens with one attached hydrogen (secondary N) is 1. The fourth-order valence-corrected chi connectivity index (χ4v) is 2.86. The molecule has 0 aliphatic carbocycles. The van der Waals surface area contributed by atoms with Crippen molar-refractivity contribution in [1.82, 2.24) is 9.88 Å². The van der Waals surface area contributed by atoms with Crippen molar-refractivity contribution in [1.29, 1.82) is 0 Å². The number of aromatic nitrogens is 1. The van der Waals surface area contributed by atoms with E-state index in [1.165, 1.54) is 5.56 Å². The number of para-hydroxylation sites is 1. The molecule has 0 bridgehead atoms. The molecule has 118 valence electrons. The van der Waals surface area contributed by atoms with Crippen molar-refractivity contribution in [3.05, 3.63) is 71.4 Å². The smallest absolute Gasteiger partial charge is 0.0933 e. The topological polar surface area (TPSA) is 28.2 Å². The van der Waals surface area contributed by atoms with Crippen LogP contribution in [0, 0.1) is 0 Å². The van der Waals surface area contributed by atoms with Gasteiger partial charge in [0.1, 0.15) is 0 Å². The molecule has 3 aromatic rings. The first-order valence-corrected chi connectivity index (χ1v) is 8.02. The maximum absolute atomic E-state index is 6.00. The summed E-state index contributed by atoms with van der Waals surface area (Å²) in [6.45, 7) is 0.796. The van der Waals surface area contributed by atoms with E-state index in [0.29, 0.717) is 0 Å². The van der Waals surface area contributed by atoms with Crippen LogP contribution in [0.25, 0.3) is 10.9 Å². The minimum Gasteiger partial charge on any atom is -0.381 e. The predicted molar refractivity (Wildman–Crippen MR) is 98.1 cm³/mol. The fraction of sp³-hybridized carbons (Fsp3) is 0.211. The van der Waals surface area contributed by atoms with Crippen molar-refractivity contribution in [3.63, 3.8) is 0 Å². The highest BCUT2D eigenvalue weighted by Gasteiger charge is 2.14. The number of hydrogen-bond donors (Lipinski definition) is 1. The number of nitrogens with zero attached hydrogens (tertiary/aromatic N) is 2. The molecule has 0 aliphatic rings. The lowest BCUT2D eigenvalue weighted by Gasteiger charge is -2.26. The van der Waals surface area contributed by atoms with Gasteiger partial charge in [0.05, 0.1) is 17.2 Å². The summed E-state index contributed by atoms with van der Waals surface area (Å²) in [7, 11) is 4.17. The van der Waals surface area contributed by atoms with Gasteiger partial charge in [-0.3, -0.25) is 4.98 Å². The minimum absolute atomic E-state index is 0.256. The first kappa shape index (κ1) is 15.8. The number of likely N-dealkylation sites (N-methyl/N-ethyl adjacent to an activating group) is 1. The van der Waals surface area contributed by atoms with Gasteiger partial charge in [0.15, 0.2) is 0 Å². The zero-order chi connectivity index (χ0) is 16.2. The maximum Gasteiger partial charge on any atom is 0.0933 e. The molecule has 0 saturated heterocycles. The molecule has 4 heteroatoms. The summed E-state index contributed by atoms with van der Waals surface area (Å²) in [6, 6.07) is 18.5. The Kier molecular flexibility index (Phi) is 4.79. The van der Waals surface area contributed by atoms with Gasteiger partial charge in [-0.05, 0) is 43.9 Å². The van der Waals surface area contributed by atoms with Gasteiger partial charge in [-0.15, -0.1) is 0 Å². The Morgan fingerprint density at radius 2 is 1.78 bits per heavy atom. The SMILES string of the molecule is CN(C)C(CNc1cccc2cccnc12)c1ccc(Cl)cc1. The van der Waals surface area contributed by atoms with E-state index in [4.69, 9.17) is 11.6 Å². The van der Waals surface area contributed by atoms with Crippen molar-refractivity contribution in [2.24, 2.45) is 0 Å². The molecule has 23 heavy (non-hydrogen) atoms. The van der Waals surface area contributed by atoms with Gasteiger partial charge < -0.3 is 10.2 Å². The number of benzene rings is 2. The molecular formula is C19H20ClN3. The number of fused-ring (bicyclic) bond motifs is 1. The number of rotatable bonds is 5. The molecule has 2 aromatic carbocycles. The molecule has 0 saturated carbocycles. The monoisotopic (exact) mass is 325 g/mol. The van der Waals surface area contributed by atoms with E-state index in [0.717, 1.165) is 28.2 Å². The van der Waals surface area contributed by atoms with Gasteiger partial charge in [0, 0.05) is 23.2 Å². The molecular weight excluding hydrogens is 306 g/mol. The third-order valence-electron chi connectivity index (χ3n) is 4.00. The van der Waals surface area contributed by atoms with Crippen molar-refractivity contribution in [2.75, 3.05) is 26.0 Å². The van der Waals surface area contributed by atoms with E-state index in [2.05, 4.69) is 65.7 Å². The van der Waals surface area contributed by atoms with Crippen LogP contribution in [0.5, 0.6) is 0 Å². The third-order valence-corrected chi connectivity index (χ3v) is 4.25. The van der Waals surface area contributed by atoms with E-state index in [-0.39, 0.29) is 6.04 Å². The Hall–Kier alpha value is -2.10. The Labute approximate surface area is 141 Å². The van der Waals surface area contributed by atoms with Crippen LogP contribution in [0.1, 0.15) is 11.6 Å². The second-order valence-corrected chi connectivity index (χ2v) is 6.23. The van der Waals surface area contributed by atoms with Crippen LogP contribution >= 0.6 is 11.6 Å². The van der Waals surface area contributed by atoms with Crippen molar-refractivity contribution in [3.8, 4) is 0 Å². The Morgan fingerprint density at radius 1 is 1.04 bits per heavy atom. The molecule has 1 heterocycles. The largest absolute Gasteiger partial charge is 0.381 e. The van der Waals surface area contributed by atoms with Gasteiger partial charge in [0.2, 0.25) is 0 Å². The van der Waals surface area contributed by atoms with E-state index in [1.54, 1.807) is 0 Å². The molecule has 0 fully saturated rings. The van der Waals surface area contributed by atoms with Crippen LogP contribution in [-0.2, 0) is 0 Å². The number of pyridine rings is 1. The summed E-state index contributed by atoms with van der Waals surface area (Å²) < 4.78 is 0. The van der Waals surface area contributed by atoms with E-state index in [1.807, 2.05) is 24.4 Å². The molecule has 0 spiro atoms. The summed E-state index contributed by atoms with van der Waals surface area (Å²) in [5.74, 6) is 0. The lowest BCUT2D eigenvalue weighted by Crippen LogP contribution is -2.26. The zero-order valence-electron chi connectivity index (χ0n) is 13.3. The zero-order valence-corrected chi connectivity index (χ0v) is 14.1. The van der Waals surface area contributed by atoms with E-state index < -0.39 is 0 Å². The second kappa shape index (κ2) is 6.99. The van der Waals surface area contributed by atoms with Crippen molar-refractivity contribution >= 4 is 28.2 Å². The summed E-state index contributed by atoms with van der Waals surface area (Å²) in [4.78, 5) is 6.70. The third kappa shape index (κ3) is 3.63. The number of anilines is 1. The maximum atomic E-state index is 6.00. The second-order valence-electron chi connectivity index (χ2n) is 5.79. The van der Waals surface area contributed by atoms with Gasteiger partial charge in [-0.25, -0.2) is 0 Å². The van der Waals surface area contributed by atoms with Crippen LogP contribution in [0.4, 0.5) is 5.69 Å². The molecule has 3 nitrogen and oxygen atoms in total. The molecule has 0 aliphatic heterocycles. The van der Waals surface area contributed by atoms with E-state index in [9.17, 15) is 0 Å². The highest BCUT2D eigenvalue weighted by atomic mass is 35.5. The van der Waals surface area contributed by atoms with Gasteiger partial charge in [-0.1, -0.05) is 41.9 Å². The average molecular weight is 326 g/mol. The Morgan fingerprint density at radius 3 is 2.52 bits per heavy atom. The van der Waals surface area contributed by atoms with Crippen LogP contribution in [-0.4, -0.2) is 30.5 Å². The summed E-state index contributed by atoms with van der Waals surface area (Å²) in [5.41, 5.74) is 3.30. The Balaban J connectivity index is 1.82. The number of hydrogen-bond acceptors (Lipinski definition) is 3. The Bertz CT molecular complexity index is 779. The predicted octanol–water partition coefficient (Wildman–Crippen LogP) is 4.60. The summed E-state index contributed by atoms with van der Waals surface area (Å²) in [5, 5.41) is 5.45. The fourth-order valence-electron chi connectivity index (χ4n) is 2.74. The first-order valence-electron chi connectivity index (χ1n) is 7.64. The van der Waals surface area contributed by atoms with Crippen molar-refractivity contribution < 1.29 is 0 Å². The summed E-state index contributed by atoms with van der Waals surface area (Å²) in [6.07, 6.45) is 1.83. The minimum atomic E-state index is 0.256. The van der Waals surface area contributed by atoms with Gasteiger partial charge in [0.25, 0.3) is 0 Å². The summed E-state index contributed by atoms with van der Waals surface area (Å²) >= 11 is 6.00. The highest BCUT2D eigenvalue weighted by molar-refractivity contribution is 6.30. The lowest BCUT2D eigenvalue weighted by atomic mass is 10.1. The molecule has 1 N–H and O–H groups in total. The molecule has 3 rings (SSSR count). The molecule has 0 amide bonds. The van der Waals surface area contributed by atoms with E-state index >= 15 is 0 Å². The lowest BCUT2D eigenvalue weighted by molar-refractivity contribution is 0.312. The standard InChI is InChI=1S/C19H20ClN3/c1-23(2)18(14-8-10-16(20)11-9-14)13-22-17-7-3-5-15-6-4-12-21-19(15)17/h3-12,18,22H,13H2,1-2H3. The van der Waals surface area contributed by atoms with Gasteiger partial charge in [-0.2, -0.15) is 0 Å². The van der Waals surface area contributed by atoms with Crippen LogP contribution in [0.3, 0.4) is 0 Å². The molecule has 1 aromatic heterocycles. The van der Waals surface area contributed by atoms with Crippen LogP contribution < -0.4 is 5.32 Å². The van der Waals surface area contributed by atoms with Gasteiger partial charge >= 0.3 is 0 Å². The molecule has 0 radical (unpaired) electrons. The van der Waals surface area contributed by atoms with Crippen LogP contribution in [0.15, 0.2) is 60.8 Å². The molecule has 1 atom stereocenters. The van der Waals surface area contributed by atoms with Crippen LogP contribution in [0.2, 0.25) is 5.02 Å². The highest BCUT2D eigenvalue weighted by Crippen LogP contribution is 2.24. The normalized spacial score (nSPS) is 12.5. The average Bonchev–Trinajstić information content (AvgIpc) is 2.56.